The van der Waals surface area contributed by atoms with Crippen LogP contribution in [0.25, 0.3) is 0 Å². The molecule has 27 heavy (non-hydrogen) atoms. The zero-order valence-electron chi connectivity index (χ0n) is 15.5. The molecule has 0 spiro atoms. The minimum Gasteiger partial charge on any atom is -0.493 e. The first-order chi connectivity index (χ1) is 12.8. The molecule has 0 atom stereocenters. The Morgan fingerprint density at radius 2 is 1.85 bits per heavy atom. The highest BCUT2D eigenvalue weighted by Crippen LogP contribution is 2.33. The van der Waals surface area contributed by atoms with E-state index in [0.717, 1.165) is 17.9 Å². The summed E-state index contributed by atoms with van der Waals surface area (Å²) in [7, 11) is 6.79. The number of likely N-dealkylation sites (N-methyl/N-ethyl adjacent to an activating group) is 1. The molecule has 8 nitrogen and oxygen atoms in total. The summed E-state index contributed by atoms with van der Waals surface area (Å²) in [5.74, 6) is 0.0461. The van der Waals surface area contributed by atoms with Crippen LogP contribution in [0.1, 0.15) is 20.8 Å². The van der Waals surface area contributed by atoms with Gasteiger partial charge in [-0.05, 0) is 20.2 Å². The Bertz CT molecular complexity index is 825. The van der Waals surface area contributed by atoms with E-state index >= 15 is 0 Å². The van der Waals surface area contributed by atoms with Gasteiger partial charge in [-0.2, -0.15) is 0 Å². The van der Waals surface area contributed by atoms with Crippen LogP contribution >= 0.6 is 22.9 Å². The maximum atomic E-state index is 12.5. The van der Waals surface area contributed by atoms with Crippen LogP contribution in [0.5, 0.6) is 11.5 Å². The van der Waals surface area contributed by atoms with Gasteiger partial charge in [-0.25, -0.2) is 4.98 Å². The van der Waals surface area contributed by atoms with E-state index in [9.17, 15) is 9.59 Å². The molecule has 0 fully saturated rings. The number of carbonyl (C=O) groups is 2. The number of nitrogens with one attached hydrogen (secondary N) is 2. The maximum absolute atomic E-state index is 12.5. The topological polar surface area (TPSA) is 92.8 Å². The number of halogens is 1. The second kappa shape index (κ2) is 9.54. The SMILES string of the molecule is COc1cc(Cl)c(C(=O)Nc2nc(C(=O)NCCN(C)C)cs2)cc1OC. The van der Waals surface area contributed by atoms with Crippen molar-refractivity contribution in [2.24, 2.45) is 0 Å². The number of carbonyl (C=O) groups excluding carboxylic acids is 2. The Labute approximate surface area is 166 Å². The summed E-state index contributed by atoms with van der Waals surface area (Å²) < 4.78 is 10.3. The monoisotopic (exact) mass is 412 g/mol. The summed E-state index contributed by atoms with van der Waals surface area (Å²) >= 11 is 7.31. The minimum atomic E-state index is -0.463. The lowest BCUT2D eigenvalue weighted by atomic mass is 10.2. The number of ether oxygens (including phenoxy) is 2. The molecule has 2 N–H and O–H groups in total. The Morgan fingerprint density at radius 3 is 2.48 bits per heavy atom. The van der Waals surface area contributed by atoms with Crippen molar-refractivity contribution in [3.8, 4) is 11.5 Å². The molecule has 2 aromatic rings. The van der Waals surface area contributed by atoms with E-state index in [-0.39, 0.29) is 22.2 Å². The molecule has 2 rings (SSSR count). The number of hydrogen-bond acceptors (Lipinski definition) is 7. The second-order valence-corrected chi connectivity index (χ2v) is 7.00. The number of anilines is 1. The van der Waals surface area contributed by atoms with Crippen molar-refractivity contribution in [3.63, 3.8) is 0 Å². The van der Waals surface area contributed by atoms with E-state index < -0.39 is 5.91 Å². The molecule has 10 heteroatoms. The first kappa shape index (κ1) is 20.9. The van der Waals surface area contributed by atoms with E-state index in [0.29, 0.717) is 23.2 Å². The van der Waals surface area contributed by atoms with E-state index in [1.165, 1.54) is 26.4 Å². The Balaban J connectivity index is 2.07. The van der Waals surface area contributed by atoms with Crippen molar-refractivity contribution >= 4 is 39.9 Å². The number of aromatic nitrogens is 1. The number of methoxy groups -OCH3 is 2. The number of nitrogens with zero attached hydrogens (tertiary/aromatic N) is 2. The van der Waals surface area contributed by atoms with Crippen LogP contribution in [0, 0.1) is 0 Å². The predicted octanol–water partition coefficient (Wildman–Crippen LogP) is 2.36. The Hall–Kier alpha value is -2.36. The van der Waals surface area contributed by atoms with Crippen molar-refractivity contribution in [2.45, 2.75) is 0 Å². The van der Waals surface area contributed by atoms with E-state index in [4.69, 9.17) is 21.1 Å². The molecule has 0 radical (unpaired) electrons. The molecule has 0 aliphatic carbocycles. The Kier molecular flexibility index (Phi) is 7.40. The van der Waals surface area contributed by atoms with Crippen molar-refractivity contribution in [1.29, 1.82) is 0 Å². The molecule has 146 valence electrons. The molecule has 0 saturated carbocycles. The molecule has 0 saturated heterocycles. The summed E-state index contributed by atoms with van der Waals surface area (Å²) in [5.41, 5.74) is 0.453. The molecule has 1 heterocycles. The van der Waals surface area contributed by atoms with Crippen molar-refractivity contribution in [1.82, 2.24) is 15.2 Å². The number of rotatable bonds is 8. The molecular weight excluding hydrogens is 392 g/mol. The third-order valence-electron chi connectivity index (χ3n) is 3.52. The van der Waals surface area contributed by atoms with Crippen molar-refractivity contribution in [2.75, 3.05) is 46.7 Å². The smallest absolute Gasteiger partial charge is 0.270 e. The van der Waals surface area contributed by atoms with Crippen LogP contribution < -0.4 is 20.1 Å². The third kappa shape index (κ3) is 5.56. The zero-order chi connectivity index (χ0) is 20.0. The van der Waals surface area contributed by atoms with Gasteiger partial charge in [0.05, 0.1) is 24.8 Å². The number of thiazole rings is 1. The van der Waals surface area contributed by atoms with Crippen LogP contribution in [0.3, 0.4) is 0 Å². The molecular formula is C17H21ClN4O4S. The minimum absolute atomic E-state index is 0.210. The number of benzene rings is 1. The molecule has 0 bridgehead atoms. The summed E-state index contributed by atoms with van der Waals surface area (Å²) in [6, 6.07) is 2.99. The molecule has 2 amide bonds. The van der Waals surface area contributed by atoms with Crippen LogP contribution in [0.4, 0.5) is 5.13 Å². The average Bonchev–Trinajstić information content (AvgIpc) is 3.09. The quantitative estimate of drug-likeness (QED) is 0.691. The molecule has 0 unspecified atom stereocenters. The fourth-order valence-corrected chi connectivity index (χ4v) is 3.04. The van der Waals surface area contributed by atoms with Gasteiger partial charge in [-0.3, -0.25) is 14.9 Å². The van der Waals surface area contributed by atoms with E-state index in [1.807, 2.05) is 19.0 Å². The number of amides is 2. The van der Waals surface area contributed by atoms with Gasteiger partial charge in [-0.1, -0.05) is 11.6 Å². The third-order valence-corrected chi connectivity index (χ3v) is 4.59. The van der Waals surface area contributed by atoms with Gasteiger partial charge < -0.3 is 19.7 Å². The Morgan fingerprint density at radius 1 is 1.19 bits per heavy atom. The van der Waals surface area contributed by atoms with Gasteiger partial charge in [0.1, 0.15) is 5.69 Å². The lowest BCUT2D eigenvalue weighted by Crippen LogP contribution is -2.31. The van der Waals surface area contributed by atoms with E-state index in [2.05, 4.69) is 15.6 Å². The fraction of sp³-hybridized carbons (Fsp3) is 0.353. The molecule has 1 aromatic heterocycles. The summed E-state index contributed by atoms with van der Waals surface area (Å²) in [6.07, 6.45) is 0. The van der Waals surface area contributed by atoms with Crippen LogP contribution in [-0.2, 0) is 0 Å². The van der Waals surface area contributed by atoms with E-state index in [1.54, 1.807) is 5.38 Å². The highest BCUT2D eigenvalue weighted by molar-refractivity contribution is 7.14. The van der Waals surface area contributed by atoms with Gasteiger partial charge >= 0.3 is 0 Å². The van der Waals surface area contributed by atoms with Crippen molar-refractivity contribution < 1.29 is 19.1 Å². The molecule has 0 aliphatic heterocycles. The summed E-state index contributed by atoms with van der Waals surface area (Å²) in [5, 5.41) is 7.49. The highest BCUT2D eigenvalue weighted by Gasteiger charge is 2.18. The highest BCUT2D eigenvalue weighted by atomic mass is 35.5. The van der Waals surface area contributed by atoms with Crippen LogP contribution in [-0.4, -0.2) is 63.1 Å². The largest absolute Gasteiger partial charge is 0.493 e. The average molecular weight is 413 g/mol. The lowest BCUT2D eigenvalue weighted by Gasteiger charge is -2.11. The van der Waals surface area contributed by atoms with Crippen LogP contribution in [0.2, 0.25) is 5.02 Å². The number of hydrogen-bond donors (Lipinski definition) is 2. The predicted molar refractivity (Wildman–Crippen MR) is 106 cm³/mol. The second-order valence-electron chi connectivity index (χ2n) is 5.74. The van der Waals surface area contributed by atoms with Gasteiger partial charge in [0.15, 0.2) is 16.6 Å². The van der Waals surface area contributed by atoms with Crippen LogP contribution in [0.15, 0.2) is 17.5 Å². The van der Waals surface area contributed by atoms with Gasteiger partial charge in [-0.15, -0.1) is 11.3 Å². The first-order valence-corrected chi connectivity index (χ1v) is 9.22. The van der Waals surface area contributed by atoms with Gasteiger partial charge in [0.2, 0.25) is 0 Å². The van der Waals surface area contributed by atoms with Gasteiger partial charge in [0, 0.05) is 24.5 Å². The molecule has 1 aromatic carbocycles. The summed E-state index contributed by atoms with van der Waals surface area (Å²) in [4.78, 5) is 30.7. The first-order valence-electron chi connectivity index (χ1n) is 7.97. The molecule has 0 aliphatic rings. The maximum Gasteiger partial charge on any atom is 0.270 e. The lowest BCUT2D eigenvalue weighted by molar-refractivity contribution is 0.0945. The van der Waals surface area contributed by atoms with Crippen molar-refractivity contribution in [3.05, 3.63) is 33.8 Å². The standard InChI is InChI=1S/C17H21ClN4O4S/c1-22(2)6-5-19-16(24)12-9-27-17(20-12)21-15(23)10-7-13(25-3)14(26-4)8-11(10)18/h7-9H,5-6H2,1-4H3,(H,19,24)(H,20,21,23). The normalized spacial score (nSPS) is 10.6. The zero-order valence-corrected chi connectivity index (χ0v) is 17.0. The summed E-state index contributed by atoms with van der Waals surface area (Å²) in [6.45, 7) is 1.23. The van der Waals surface area contributed by atoms with Gasteiger partial charge in [0.25, 0.3) is 11.8 Å². The fourth-order valence-electron chi connectivity index (χ4n) is 2.11.